The van der Waals surface area contributed by atoms with Gasteiger partial charge >= 0.3 is 0 Å². The lowest BCUT2D eigenvalue weighted by atomic mass is 10.1. The summed E-state index contributed by atoms with van der Waals surface area (Å²) in [4.78, 5) is 15.2. The van der Waals surface area contributed by atoms with Crippen LogP contribution < -0.4 is 4.90 Å². The van der Waals surface area contributed by atoms with E-state index in [0.29, 0.717) is 0 Å². The number of aromatic nitrogens is 2. The zero-order valence-corrected chi connectivity index (χ0v) is 16.5. The van der Waals surface area contributed by atoms with Crippen molar-refractivity contribution in [3.05, 3.63) is 77.9 Å². The number of benzene rings is 2. The third-order valence-corrected chi connectivity index (χ3v) is 6.24. The maximum Gasteiger partial charge on any atom is 0.141 e. The monoisotopic (exact) mass is 386 g/mol. The second kappa shape index (κ2) is 7.70. The molecule has 0 amide bonds. The van der Waals surface area contributed by atoms with Gasteiger partial charge in [0.25, 0.3) is 0 Å². The van der Waals surface area contributed by atoms with Crippen molar-refractivity contribution < 1.29 is 0 Å². The molecule has 4 nitrogen and oxygen atoms in total. The van der Waals surface area contributed by atoms with E-state index >= 15 is 0 Å². The molecular weight excluding hydrogens is 364 g/mol. The van der Waals surface area contributed by atoms with Gasteiger partial charge < -0.3 is 4.90 Å². The van der Waals surface area contributed by atoms with Gasteiger partial charge in [0.05, 0.1) is 5.39 Å². The van der Waals surface area contributed by atoms with Gasteiger partial charge in [-0.2, -0.15) is 0 Å². The fourth-order valence-electron chi connectivity index (χ4n) is 3.89. The van der Waals surface area contributed by atoms with E-state index in [0.717, 1.165) is 43.4 Å². The van der Waals surface area contributed by atoms with Crippen molar-refractivity contribution in [3.63, 3.8) is 0 Å². The van der Waals surface area contributed by atoms with E-state index in [1.807, 2.05) is 0 Å². The summed E-state index contributed by atoms with van der Waals surface area (Å²) in [6.07, 6.45) is 1.71. The molecule has 0 unspecified atom stereocenters. The molecule has 0 bridgehead atoms. The first kappa shape index (κ1) is 17.3. The van der Waals surface area contributed by atoms with Gasteiger partial charge in [0, 0.05) is 43.7 Å². The quantitative estimate of drug-likeness (QED) is 0.510. The zero-order valence-electron chi connectivity index (χ0n) is 15.7. The fraction of sp³-hybridized carbons (Fsp3) is 0.217. The molecule has 5 rings (SSSR count). The maximum absolute atomic E-state index is 4.70. The molecule has 4 aromatic rings. The summed E-state index contributed by atoms with van der Waals surface area (Å²) < 4.78 is 0. The highest BCUT2D eigenvalue weighted by molar-refractivity contribution is 7.17. The standard InChI is InChI=1S/C23H22N4S/c1-3-7-18(8-4-1)15-26-11-13-27(14-12-26)22-21-20(19-9-5-2-6-10-19)16-28-23(21)25-17-24-22/h1-10,16-17H,11-15H2. The highest BCUT2D eigenvalue weighted by atomic mass is 32.1. The second-order valence-corrected chi connectivity index (χ2v) is 8.00. The van der Waals surface area contributed by atoms with Gasteiger partial charge in [-0.15, -0.1) is 11.3 Å². The van der Waals surface area contributed by atoms with Crippen LogP contribution in [0.3, 0.4) is 0 Å². The van der Waals surface area contributed by atoms with Gasteiger partial charge in [0.15, 0.2) is 0 Å². The van der Waals surface area contributed by atoms with Crippen LogP contribution in [0.2, 0.25) is 0 Å². The van der Waals surface area contributed by atoms with Crippen molar-refractivity contribution in [2.24, 2.45) is 0 Å². The van der Waals surface area contributed by atoms with Crippen LogP contribution in [0, 0.1) is 0 Å². The Balaban J connectivity index is 1.39. The summed E-state index contributed by atoms with van der Waals surface area (Å²) >= 11 is 1.70. The molecule has 1 aliphatic heterocycles. The molecule has 140 valence electrons. The first-order chi connectivity index (χ1) is 13.9. The van der Waals surface area contributed by atoms with Gasteiger partial charge in [-0.05, 0) is 11.1 Å². The molecule has 2 aromatic heterocycles. The third-order valence-electron chi connectivity index (χ3n) is 5.36. The van der Waals surface area contributed by atoms with E-state index in [9.17, 15) is 0 Å². The van der Waals surface area contributed by atoms with Crippen molar-refractivity contribution in [1.29, 1.82) is 0 Å². The van der Waals surface area contributed by atoms with Gasteiger partial charge in [-0.3, -0.25) is 4.90 Å². The number of anilines is 1. The fourth-order valence-corrected chi connectivity index (χ4v) is 4.80. The Hall–Kier alpha value is -2.76. The van der Waals surface area contributed by atoms with Crippen LogP contribution in [0.4, 0.5) is 5.82 Å². The molecule has 1 fully saturated rings. The smallest absolute Gasteiger partial charge is 0.141 e. The average Bonchev–Trinajstić information content (AvgIpc) is 3.20. The first-order valence-corrected chi connectivity index (χ1v) is 10.6. The van der Waals surface area contributed by atoms with Gasteiger partial charge in [0.2, 0.25) is 0 Å². The van der Waals surface area contributed by atoms with Gasteiger partial charge in [0.1, 0.15) is 17.0 Å². The van der Waals surface area contributed by atoms with Crippen LogP contribution in [-0.2, 0) is 6.54 Å². The van der Waals surface area contributed by atoms with E-state index < -0.39 is 0 Å². The Morgan fingerprint density at radius 1 is 0.821 bits per heavy atom. The predicted molar refractivity (Wildman–Crippen MR) is 117 cm³/mol. The number of fused-ring (bicyclic) bond motifs is 1. The van der Waals surface area contributed by atoms with Crippen LogP contribution in [0.5, 0.6) is 0 Å². The Labute approximate surface area is 169 Å². The zero-order chi connectivity index (χ0) is 18.8. The summed E-state index contributed by atoms with van der Waals surface area (Å²) in [6, 6.07) is 21.3. The summed E-state index contributed by atoms with van der Waals surface area (Å²) in [5.41, 5.74) is 3.85. The minimum atomic E-state index is 0.989. The van der Waals surface area contributed by atoms with Crippen molar-refractivity contribution in [1.82, 2.24) is 14.9 Å². The lowest BCUT2D eigenvalue weighted by Crippen LogP contribution is -2.46. The number of piperazine rings is 1. The number of rotatable bonds is 4. The van der Waals surface area contributed by atoms with E-state index in [4.69, 9.17) is 4.98 Å². The summed E-state index contributed by atoms with van der Waals surface area (Å²) in [5, 5.41) is 3.40. The van der Waals surface area contributed by atoms with Crippen LogP contribution in [0.15, 0.2) is 72.4 Å². The molecule has 2 aromatic carbocycles. The second-order valence-electron chi connectivity index (χ2n) is 7.14. The van der Waals surface area contributed by atoms with E-state index in [-0.39, 0.29) is 0 Å². The lowest BCUT2D eigenvalue weighted by Gasteiger charge is -2.35. The molecule has 0 aliphatic carbocycles. The third kappa shape index (κ3) is 3.39. The maximum atomic E-state index is 4.70. The Morgan fingerprint density at radius 3 is 2.29 bits per heavy atom. The Bertz CT molecular complexity index is 1050. The minimum absolute atomic E-state index is 0.989. The van der Waals surface area contributed by atoms with E-state index in [2.05, 4.69) is 80.8 Å². The topological polar surface area (TPSA) is 32.3 Å². The van der Waals surface area contributed by atoms with Crippen LogP contribution in [-0.4, -0.2) is 41.0 Å². The summed E-state index contributed by atoms with van der Waals surface area (Å²) in [5.74, 6) is 1.07. The van der Waals surface area contributed by atoms with Crippen molar-refractivity contribution in [3.8, 4) is 11.1 Å². The lowest BCUT2D eigenvalue weighted by molar-refractivity contribution is 0.249. The first-order valence-electron chi connectivity index (χ1n) is 9.67. The van der Waals surface area contributed by atoms with E-state index in [1.54, 1.807) is 17.7 Å². The van der Waals surface area contributed by atoms with Crippen LogP contribution >= 0.6 is 11.3 Å². The Morgan fingerprint density at radius 2 is 1.54 bits per heavy atom. The highest BCUT2D eigenvalue weighted by Crippen LogP contribution is 2.37. The van der Waals surface area contributed by atoms with Crippen LogP contribution in [0.25, 0.3) is 21.3 Å². The molecule has 28 heavy (non-hydrogen) atoms. The van der Waals surface area contributed by atoms with Crippen molar-refractivity contribution in [2.45, 2.75) is 6.54 Å². The minimum Gasteiger partial charge on any atom is -0.353 e. The number of nitrogens with zero attached hydrogens (tertiary/aromatic N) is 4. The molecule has 5 heteroatoms. The van der Waals surface area contributed by atoms with Gasteiger partial charge in [-0.1, -0.05) is 60.7 Å². The molecule has 1 saturated heterocycles. The van der Waals surface area contributed by atoms with Crippen molar-refractivity contribution in [2.75, 3.05) is 31.1 Å². The van der Waals surface area contributed by atoms with E-state index in [1.165, 1.54) is 22.1 Å². The molecular formula is C23H22N4S. The summed E-state index contributed by atoms with van der Waals surface area (Å²) in [6.45, 7) is 5.09. The molecule has 0 saturated carbocycles. The molecule has 0 atom stereocenters. The number of thiophene rings is 1. The molecule has 3 heterocycles. The Kier molecular flexibility index (Phi) is 4.77. The largest absolute Gasteiger partial charge is 0.353 e. The highest BCUT2D eigenvalue weighted by Gasteiger charge is 2.22. The number of hydrogen-bond donors (Lipinski definition) is 0. The summed E-state index contributed by atoms with van der Waals surface area (Å²) in [7, 11) is 0. The average molecular weight is 387 g/mol. The molecule has 1 aliphatic rings. The molecule has 0 N–H and O–H groups in total. The molecule has 0 radical (unpaired) electrons. The molecule has 0 spiro atoms. The van der Waals surface area contributed by atoms with Gasteiger partial charge in [-0.25, -0.2) is 9.97 Å². The van der Waals surface area contributed by atoms with Crippen LogP contribution in [0.1, 0.15) is 5.56 Å². The normalized spacial score (nSPS) is 15.2. The van der Waals surface area contributed by atoms with Crippen molar-refractivity contribution >= 4 is 27.4 Å². The SMILES string of the molecule is c1ccc(CN2CCN(c3ncnc4scc(-c5ccccc5)c34)CC2)cc1. The predicted octanol–water partition coefficient (Wildman–Crippen LogP) is 4.68. The number of hydrogen-bond acceptors (Lipinski definition) is 5.